The average molecular weight is 136 g/mol. The summed E-state index contributed by atoms with van der Waals surface area (Å²) in [6.07, 6.45) is 13.4. The van der Waals surface area contributed by atoms with Crippen molar-refractivity contribution in [3.8, 4) is 0 Å². The minimum absolute atomic E-state index is 1.24. The second kappa shape index (κ2) is 4.32. The molecule has 0 unspecified atom stereocenters. The van der Waals surface area contributed by atoms with Crippen LogP contribution in [-0.2, 0) is 0 Å². The highest BCUT2D eigenvalue weighted by Crippen LogP contribution is 2.11. The predicted molar refractivity (Wildman–Crippen MR) is 46.0 cm³/mol. The molecule has 0 spiro atoms. The van der Waals surface area contributed by atoms with E-state index in [1.807, 2.05) is 0 Å². The van der Waals surface area contributed by atoms with Gasteiger partial charge in [-0.05, 0) is 39.0 Å². The van der Waals surface area contributed by atoms with Gasteiger partial charge in [0, 0.05) is 0 Å². The Morgan fingerprint density at radius 3 is 2.80 bits per heavy atom. The monoisotopic (exact) mass is 136 g/mol. The Kier molecular flexibility index (Phi) is 3.28. The van der Waals surface area contributed by atoms with Gasteiger partial charge in [-0.15, -0.1) is 0 Å². The molecule has 0 heterocycles. The molecule has 1 rings (SSSR count). The van der Waals surface area contributed by atoms with Crippen LogP contribution >= 0.6 is 0 Å². The first kappa shape index (κ1) is 7.59. The first-order chi connectivity index (χ1) is 4.89. The normalized spacial score (nSPS) is 20.7. The van der Waals surface area contributed by atoms with E-state index in [4.69, 9.17) is 0 Å². The molecule has 0 radical (unpaired) electrons. The Bertz CT molecular complexity index is 140. The molecule has 0 bridgehead atoms. The molecule has 56 valence electrons. The zero-order valence-corrected chi connectivity index (χ0v) is 6.77. The maximum absolute atomic E-state index is 2.38. The van der Waals surface area contributed by atoms with Crippen LogP contribution in [0.5, 0.6) is 0 Å². The number of rotatable bonds is 0. The molecule has 0 aromatic heterocycles. The highest BCUT2D eigenvalue weighted by atomic mass is 14.0. The summed E-state index contributed by atoms with van der Waals surface area (Å²) < 4.78 is 0. The summed E-state index contributed by atoms with van der Waals surface area (Å²) in [5.74, 6) is 0. The molecular weight excluding hydrogens is 120 g/mol. The standard InChI is InChI=1S/C10H16/c1-10-8-6-4-2-3-5-7-9-10/h2,4,9H,3,5-8H2,1H3. The minimum Gasteiger partial charge on any atom is -0.0885 e. The molecule has 1 aliphatic rings. The summed E-state index contributed by atoms with van der Waals surface area (Å²) in [5, 5.41) is 0. The molecule has 0 saturated heterocycles. The highest BCUT2D eigenvalue weighted by Gasteiger charge is 1.90. The zero-order valence-electron chi connectivity index (χ0n) is 6.77. The summed E-state index contributed by atoms with van der Waals surface area (Å²) in [6, 6.07) is 0. The summed E-state index contributed by atoms with van der Waals surface area (Å²) in [6.45, 7) is 2.24. The lowest BCUT2D eigenvalue weighted by Gasteiger charge is -1.94. The molecule has 0 aliphatic heterocycles. The topological polar surface area (TPSA) is 0 Å². The molecular formula is C10H16. The molecule has 0 saturated carbocycles. The van der Waals surface area contributed by atoms with E-state index in [0.717, 1.165) is 0 Å². The van der Waals surface area contributed by atoms with Gasteiger partial charge in [0.15, 0.2) is 0 Å². The van der Waals surface area contributed by atoms with Crippen molar-refractivity contribution in [3.63, 3.8) is 0 Å². The average Bonchev–Trinajstić information content (AvgIpc) is 2.02. The first-order valence-electron chi connectivity index (χ1n) is 4.20. The van der Waals surface area contributed by atoms with Crippen molar-refractivity contribution in [3.05, 3.63) is 23.8 Å². The summed E-state index contributed by atoms with van der Waals surface area (Å²) in [5.41, 5.74) is 1.56. The molecule has 0 N–H and O–H groups in total. The quantitative estimate of drug-likeness (QED) is 0.447. The van der Waals surface area contributed by atoms with Gasteiger partial charge in [0.25, 0.3) is 0 Å². The third-order valence-corrected chi connectivity index (χ3v) is 1.94. The molecule has 0 nitrogen and oxygen atoms in total. The van der Waals surface area contributed by atoms with Gasteiger partial charge < -0.3 is 0 Å². The SMILES string of the molecule is CC1=CCCCC=CCC1. The van der Waals surface area contributed by atoms with Gasteiger partial charge in [0.1, 0.15) is 0 Å². The Morgan fingerprint density at radius 2 is 1.90 bits per heavy atom. The maximum atomic E-state index is 2.38. The minimum atomic E-state index is 1.24. The van der Waals surface area contributed by atoms with Gasteiger partial charge >= 0.3 is 0 Å². The Hall–Kier alpha value is -0.520. The number of hydrogen-bond acceptors (Lipinski definition) is 0. The van der Waals surface area contributed by atoms with Crippen molar-refractivity contribution in [1.29, 1.82) is 0 Å². The van der Waals surface area contributed by atoms with Crippen LogP contribution < -0.4 is 0 Å². The van der Waals surface area contributed by atoms with Crippen LogP contribution in [0.15, 0.2) is 23.8 Å². The van der Waals surface area contributed by atoms with Crippen molar-refractivity contribution >= 4 is 0 Å². The fraction of sp³-hybridized carbons (Fsp3) is 0.600. The van der Waals surface area contributed by atoms with E-state index in [1.165, 1.54) is 32.1 Å². The lowest BCUT2D eigenvalue weighted by atomic mass is 10.1. The van der Waals surface area contributed by atoms with Crippen molar-refractivity contribution < 1.29 is 0 Å². The van der Waals surface area contributed by atoms with Crippen LogP contribution in [0, 0.1) is 0 Å². The van der Waals surface area contributed by atoms with Gasteiger partial charge in [-0.3, -0.25) is 0 Å². The molecule has 0 atom stereocenters. The van der Waals surface area contributed by atoms with Crippen LogP contribution in [0.25, 0.3) is 0 Å². The van der Waals surface area contributed by atoms with Gasteiger partial charge in [0.05, 0.1) is 0 Å². The van der Waals surface area contributed by atoms with Crippen LogP contribution in [-0.4, -0.2) is 0 Å². The Labute approximate surface area is 63.6 Å². The molecule has 0 heteroatoms. The maximum Gasteiger partial charge on any atom is -0.0288 e. The summed E-state index contributed by atoms with van der Waals surface area (Å²) in [4.78, 5) is 0. The second-order valence-corrected chi connectivity index (χ2v) is 2.99. The van der Waals surface area contributed by atoms with Crippen LogP contribution in [0.3, 0.4) is 0 Å². The fourth-order valence-electron chi connectivity index (χ4n) is 1.23. The molecule has 0 aromatic rings. The molecule has 0 fully saturated rings. The smallest absolute Gasteiger partial charge is 0.0288 e. The van der Waals surface area contributed by atoms with E-state index >= 15 is 0 Å². The largest absolute Gasteiger partial charge is 0.0885 e. The van der Waals surface area contributed by atoms with Gasteiger partial charge in [-0.1, -0.05) is 23.8 Å². The summed E-state index contributed by atoms with van der Waals surface area (Å²) >= 11 is 0. The van der Waals surface area contributed by atoms with Crippen molar-refractivity contribution in [2.75, 3.05) is 0 Å². The molecule has 0 aromatic carbocycles. The fourth-order valence-corrected chi connectivity index (χ4v) is 1.23. The lowest BCUT2D eigenvalue weighted by molar-refractivity contribution is 0.863. The highest BCUT2D eigenvalue weighted by molar-refractivity contribution is 5.01. The third kappa shape index (κ3) is 2.86. The van der Waals surface area contributed by atoms with Crippen LogP contribution in [0.2, 0.25) is 0 Å². The molecule has 10 heavy (non-hydrogen) atoms. The Balaban J connectivity index is 2.41. The second-order valence-electron chi connectivity index (χ2n) is 2.99. The van der Waals surface area contributed by atoms with E-state index < -0.39 is 0 Å². The van der Waals surface area contributed by atoms with E-state index in [2.05, 4.69) is 25.2 Å². The van der Waals surface area contributed by atoms with Gasteiger partial charge in [0.2, 0.25) is 0 Å². The van der Waals surface area contributed by atoms with E-state index in [1.54, 1.807) is 5.57 Å². The summed E-state index contributed by atoms with van der Waals surface area (Å²) in [7, 11) is 0. The van der Waals surface area contributed by atoms with E-state index in [9.17, 15) is 0 Å². The van der Waals surface area contributed by atoms with Gasteiger partial charge in [-0.25, -0.2) is 0 Å². The third-order valence-electron chi connectivity index (χ3n) is 1.94. The van der Waals surface area contributed by atoms with E-state index in [0.29, 0.717) is 0 Å². The molecule has 1 aliphatic carbocycles. The van der Waals surface area contributed by atoms with Crippen molar-refractivity contribution in [2.24, 2.45) is 0 Å². The molecule has 0 amide bonds. The first-order valence-corrected chi connectivity index (χ1v) is 4.20. The predicted octanol–water partition coefficient (Wildman–Crippen LogP) is 3.45. The van der Waals surface area contributed by atoms with Crippen molar-refractivity contribution in [2.45, 2.75) is 39.0 Å². The van der Waals surface area contributed by atoms with Gasteiger partial charge in [-0.2, -0.15) is 0 Å². The van der Waals surface area contributed by atoms with Crippen molar-refractivity contribution in [1.82, 2.24) is 0 Å². The van der Waals surface area contributed by atoms with Crippen LogP contribution in [0.4, 0.5) is 0 Å². The Morgan fingerprint density at radius 1 is 1.10 bits per heavy atom. The zero-order chi connectivity index (χ0) is 7.23. The van der Waals surface area contributed by atoms with Crippen LogP contribution in [0.1, 0.15) is 39.0 Å². The number of allylic oxidation sites excluding steroid dienone is 4. The lowest BCUT2D eigenvalue weighted by Crippen LogP contribution is -1.74. The number of hydrogen-bond donors (Lipinski definition) is 0. The van der Waals surface area contributed by atoms with E-state index in [-0.39, 0.29) is 0 Å².